The van der Waals surface area contributed by atoms with E-state index < -0.39 is 6.10 Å². The largest absolute Gasteiger partial charge is 0.387 e. The van der Waals surface area contributed by atoms with Crippen LogP contribution in [0.4, 0.5) is 10.1 Å². The summed E-state index contributed by atoms with van der Waals surface area (Å²) in [5, 5.41) is 10.4. The van der Waals surface area contributed by atoms with Gasteiger partial charge in [-0.15, -0.1) is 0 Å². The minimum atomic E-state index is -0.607. The SMILES string of the molecule is CC1Cc2ccccc2N1CC(O)c1ccc(F)cc1. The average molecular weight is 271 g/mol. The smallest absolute Gasteiger partial charge is 0.123 e. The maximum atomic E-state index is 12.9. The van der Waals surface area contributed by atoms with Crippen molar-refractivity contribution in [2.75, 3.05) is 11.4 Å². The Balaban J connectivity index is 1.79. The number of β-amino-alcohol motifs (C(OH)–C–C–N with tert-alkyl or cyclic N) is 1. The zero-order valence-corrected chi connectivity index (χ0v) is 11.5. The number of benzene rings is 2. The van der Waals surface area contributed by atoms with Gasteiger partial charge in [0.15, 0.2) is 0 Å². The number of aliphatic hydroxyl groups excluding tert-OH is 1. The predicted molar refractivity (Wildman–Crippen MR) is 78.3 cm³/mol. The van der Waals surface area contributed by atoms with Crippen molar-refractivity contribution >= 4 is 5.69 Å². The van der Waals surface area contributed by atoms with Crippen molar-refractivity contribution in [3.8, 4) is 0 Å². The van der Waals surface area contributed by atoms with E-state index in [1.165, 1.54) is 23.4 Å². The van der Waals surface area contributed by atoms with Crippen molar-refractivity contribution in [1.82, 2.24) is 0 Å². The first-order chi connectivity index (χ1) is 9.65. The van der Waals surface area contributed by atoms with Gasteiger partial charge in [-0.1, -0.05) is 30.3 Å². The Kier molecular flexibility index (Phi) is 3.45. The number of para-hydroxylation sites is 1. The number of halogens is 1. The van der Waals surface area contributed by atoms with Gasteiger partial charge in [-0.05, 0) is 42.7 Å². The lowest BCUT2D eigenvalue weighted by molar-refractivity contribution is 0.181. The van der Waals surface area contributed by atoms with Crippen molar-refractivity contribution in [2.24, 2.45) is 0 Å². The van der Waals surface area contributed by atoms with Crippen LogP contribution in [0.5, 0.6) is 0 Å². The molecule has 1 aliphatic heterocycles. The van der Waals surface area contributed by atoms with Gasteiger partial charge in [0.1, 0.15) is 5.82 Å². The monoisotopic (exact) mass is 271 g/mol. The van der Waals surface area contributed by atoms with Crippen LogP contribution in [-0.2, 0) is 6.42 Å². The Morgan fingerprint density at radius 2 is 1.90 bits per heavy atom. The first-order valence-corrected chi connectivity index (χ1v) is 6.93. The van der Waals surface area contributed by atoms with E-state index in [0.29, 0.717) is 12.6 Å². The van der Waals surface area contributed by atoms with Crippen LogP contribution < -0.4 is 4.90 Å². The number of aliphatic hydroxyl groups is 1. The molecule has 0 aliphatic carbocycles. The molecule has 1 heterocycles. The van der Waals surface area contributed by atoms with Gasteiger partial charge < -0.3 is 10.0 Å². The Morgan fingerprint density at radius 1 is 1.20 bits per heavy atom. The molecule has 0 saturated carbocycles. The van der Waals surface area contributed by atoms with Gasteiger partial charge in [-0.3, -0.25) is 0 Å². The lowest BCUT2D eigenvalue weighted by atomic mass is 10.1. The number of anilines is 1. The second-order valence-corrected chi connectivity index (χ2v) is 5.40. The Morgan fingerprint density at radius 3 is 2.65 bits per heavy atom. The maximum absolute atomic E-state index is 12.9. The molecule has 0 fully saturated rings. The molecular weight excluding hydrogens is 253 g/mol. The summed E-state index contributed by atoms with van der Waals surface area (Å²) in [5.74, 6) is -0.277. The summed E-state index contributed by atoms with van der Waals surface area (Å²) in [6, 6.07) is 14.7. The molecule has 3 rings (SSSR count). The minimum absolute atomic E-state index is 0.277. The van der Waals surface area contributed by atoms with Crippen molar-refractivity contribution in [2.45, 2.75) is 25.5 Å². The van der Waals surface area contributed by atoms with Gasteiger partial charge >= 0.3 is 0 Å². The Labute approximate surface area is 118 Å². The summed E-state index contributed by atoms with van der Waals surface area (Å²) in [7, 11) is 0. The summed E-state index contributed by atoms with van der Waals surface area (Å²) in [4.78, 5) is 2.23. The molecule has 0 radical (unpaired) electrons. The maximum Gasteiger partial charge on any atom is 0.123 e. The van der Waals surface area contributed by atoms with Crippen LogP contribution in [0.15, 0.2) is 48.5 Å². The number of nitrogens with zero attached hydrogens (tertiary/aromatic N) is 1. The number of hydrogen-bond donors (Lipinski definition) is 1. The van der Waals surface area contributed by atoms with Crippen molar-refractivity contribution in [1.29, 1.82) is 0 Å². The number of rotatable bonds is 3. The van der Waals surface area contributed by atoms with E-state index in [0.717, 1.165) is 12.0 Å². The van der Waals surface area contributed by atoms with Gasteiger partial charge in [0, 0.05) is 18.3 Å². The van der Waals surface area contributed by atoms with Crippen LogP contribution >= 0.6 is 0 Å². The normalized spacial score (nSPS) is 18.9. The van der Waals surface area contributed by atoms with Crippen LogP contribution in [0.1, 0.15) is 24.2 Å². The van der Waals surface area contributed by atoms with E-state index in [9.17, 15) is 9.50 Å². The summed E-state index contributed by atoms with van der Waals surface area (Å²) < 4.78 is 12.9. The van der Waals surface area contributed by atoms with E-state index >= 15 is 0 Å². The quantitative estimate of drug-likeness (QED) is 0.925. The van der Waals surface area contributed by atoms with E-state index in [1.54, 1.807) is 12.1 Å². The molecule has 0 spiro atoms. The fraction of sp³-hybridized carbons (Fsp3) is 0.294. The molecular formula is C17H18FNO. The van der Waals surface area contributed by atoms with Gasteiger partial charge in [0.25, 0.3) is 0 Å². The first-order valence-electron chi connectivity index (χ1n) is 6.93. The second kappa shape index (κ2) is 5.25. The van der Waals surface area contributed by atoms with Crippen molar-refractivity contribution in [3.63, 3.8) is 0 Å². The van der Waals surface area contributed by atoms with Crippen molar-refractivity contribution < 1.29 is 9.50 Å². The number of fused-ring (bicyclic) bond motifs is 1. The van der Waals surface area contributed by atoms with Crippen LogP contribution in [0.3, 0.4) is 0 Å². The zero-order chi connectivity index (χ0) is 14.1. The molecule has 2 aromatic carbocycles. The molecule has 0 saturated heterocycles. The highest BCUT2D eigenvalue weighted by Crippen LogP contribution is 2.33. The fourth-order valence-corrected chi connectivity index (χ4v) is 2.88. The highest BCUT2D eigenvalue weighted by atomic mass is 19.1. The zero-order valence-electron chi connectivity index (χ0n) is 11.5. The summed E-state index contributed by atoms with van der Waals surface area (Å²) >= 11 is 0. The Bertz CT molecular complexity index is 596. The van der Waals surface area contributed by atoms with E-state index in [2.05, 4.69) is 24.0 Å². The molecule has 0 aromatic heterocycles. The average Bonchev–Trinajstić information content (AvgIpc) is 2.76. The number of hydrogen-bond acceptors (Lipinski definition) is 2. The standard InChI is InChI=1S/C17H18FNO/c1-12-10-14-4-2-3-5-16(14)19(12)11-17(20)13-6-8-15(18)9-7-13/h2-9,12,17,20H,10-11H2,1H3. The lowest BCUT2D eigenvalue weighted by Gasteiger charge is -2.27. The summed E-state index contributed by atoms with van der Waals surface area (Å²) in [6.45, 7) is 2.70. The molecule has 3 heteroatoms. The summed E-state index contributed by atoms with van der Waals surface area (Å²) in [6.07, 6.45) is 0.399. The van der Waals surface area contributed by atoms with E-state index in [-0.39, 0.29) is 5.82 Å². The molecule has 2 nitrogen and oxygen atoms in total. The topological polar surface area (TPSA) is 23.5 Å². The molecule has 2 unspecified atom stereocenters. The third-order valence-electron chi connectivity index (χ3n) is 3.97. The highest BCUT2D eigenvalue weighted by molar-refractivity contribution is 5.59. The molecule has 1 N–H and O–H groups in total. The molecule has 2 atom stereocenters. The van der Waals surface area contributed by atoms with Crippen LogP contribution in [0.25, 0.3) is 0 Å². The van der Waals surface area contributed by atoms with Gasteiger partial charge in [0.2, 0.25) is 0 Å². The van der Waals surface area contributed by atoms with Crippen LogP contribution in [0.2, 0.25) is 0 Å². The molecule has 2 aromatic rings. The highest BCUT2D eigenvalue weighted by Gasteiger charge is 2.27. The predicted octanol–water partition coefficient (Wildman–Crippen LogP) is 3.31. The molecule has 20 heavy (non-hydrogen) atoms. The summed E-state index contributed by atoms with van der Waals surface area (Å²) in [5.41, 5.74) is 3.27. The van der Waals surface area contributed by atoms with Crippen molar-refractivity contribution in [3.05, 3.63) is 65.5 Å². The molecule has 0 bridgehead atoms. The van der Waals surface area contributed by atoms with Gasteiger partial charge in [0.05, 0.1) is 6.10 Å². The van der Waals surface area contributed by atoms with E-state index in [1.807, 2.05) is 12.1 Å². The first kappa shape index (κ1) is 13.1. The third-order valence-corrected chi connectivity index (χ3v) is 3.97. The third kappa shape index (κ3) is 2.41. The molecule has 0 amide bonds. The van der Waals surface area contributed by atoms with Crippen LogP contribution in [0, 0.1) is 5.82 Å². The Hall–Kier alpha value is -1.87. The minimum Gasteiger partial charge on any atom is -0.387 e. The van der Waals surface area contributed by atoms with E-state index in [4.69, 9.17) is 0 Å². The van der Waals surface area contributed by atoms with Gasteiger partial charge in [-0.2, -0.15) is 0 Å². The van der Waals surface area contributed by atoms with Gasteiger partial charge in [-0.25, -0.2) is 4.39 Å². The second-order valence-electron chi connectivity index (χ2n) is 5.40. The molecule has 104 valence electrons. The fourth-order valence-electron chi connectivity index (χ4n) is 2.88. The van der Waals surface area contributed by atoms with Crippen LogP contribution in [-0.4, -0.2) is 17.7 Å². The lowest BCUT2D eigenvalue weighted by Crippen LogP contribution is -2.33. The molecule has 1 aliphatic rings.